The summed E-state index contributed by atoms with van der Waals surface area (Å²) in [4.78, 5) is 49.8. The Bertz CT molecular complexity index is 866. The van der Waals surface area contributed by atoms with Crippen molar-refractivity contribution < 1.29 is 23.9 Å². The zero-order valence-electron chi connectivity index (χ0n) is 17.4. The van der Waals surface area contributed by atoms with Gasteiger partial charge in [-0.05, 0) is 57.9 Å². The summed E-state index contributed by atoms with van der Waals surface area (Å²) in [6, 6.07) is 1.45. The summed E-state index contributed by atoms with van der Waals surface area (Å²) in [5.74, 6) is -0.698. The lowest BCUT2D eigenvalue weighted by Gasteiger charge is -2.52. The Morgan fingerprint density at radius 3 is 2.34 bits per heavy atom. The summed E-state index contributed by atoms with van der Waals surface area (Å²) in [6.07, 6.45) is 5.04. The van der Waals surface area contributed by atoms with Gasteiger partial charge in [0.25, 0.3) is 5.56 Å². The van der Waals surface area contributed by atoms with E-state index in [1.807, 2.05) is 20.8 Å². The predicted octanol–water partition coefficient (Wildman–Crippen LogP) is 2.80. The molecule has 8 nitrogen and oxygen atoms in total. The Balaban J connectivity index is 1.65. The Kier molecular flexibility index (Phi) is 5.56. The number of ether oxygens (including phenoxy) is 2. The summed E-state index contributed by atoms with van der Waals surface area (Å²) in [5, 5.41) is 0. The minimum Gasteiger partial charge on any atom is -0.465 e. The van der Waals surface area contributed by atoms with Crippen molar-refractivity contribution in [3.8, 4) is 0 Å². The van der Waals surface area contributed by atoms with Crippen LogP contribution in [0.25, 0.3) is 0 Å². The minimum atomic E-state index is -0.698. The molecule has 1 aliphatic carbocycles. The van der Waals surface area contributed by atoms with Crippen molar-refractivity contribution in [2.75, 3.05) is 20.2 Å². The molecule has 1 amide bonds. The molecule has 0 atom stereocenters. The lowest BCUT2D eigenvalue weighted by Crippen LogP contribution is -2.51. The van der Waals surface area contributed by atoms with E-state index in [4.69, 9.17) is 4.74 Å². The van der Waals surface area contributed by atoms with Crippen LogP contribution in [0.4, 0.5) is 4.79 Å². The molecule has 1 aromatic heterocycles. The molecular formula is C21H28N2O6. The number of pyridine rings is 1. The Morgan fingerprint density at radius 1 is 1.21 bits per heavy atom. The molecule has 2 fully saturated rings. The number of hydrogen-bond acceptors (Lipinski definition) is 6. The second-order valence-corrected chi connectivity index (χ2v) is 8.99. The number of rotatable bonds is 3. The van der Waals surface area contributed by atoms with E-state index in [1.165, 1.54) is 13.2 Å². The number of nitrogens with zero attached hydrogens (tertiary/aromatic N) is 2. The van der Waals surface area contributed by atoms with Gasteiger partial charge in [0.15, 0.2) is 6.29 Å². The predicted molar refractivity (Wildman–Crippen MR) is 105 cm³/mol. The molecule has 1 aromatic rings. The van der Waals surface area contributed by atoms with E-state index >= 15 is 0 Å². The summed E-state index contributed by atoms with van der Waals surface area (Å²) in [7, 11) is 1.21. The van der Waals surface area contributed by atoms with Crippen LogP contribution in [0, 0.1) is 5.41 Å². The molecule has 0 unspecified atom stereocenters. The van der Waals surface area contributed by atoms with Gasteiger partial charge < -0.3 is 18.9 Å². The van der Waals surface area contributed by atoms with Gasteiger partial charge in [-0.2, -0.15) is 0 Å². The fraction of sp³-hybridized carbons (Fsp3) is 0.619. The highest BCUT2D eigenvalue weighted by Gasteiger charge is 2.47. The van der Waals surface area contributed by atoms with Gasteiger partial charge in [0.05, 0.1) is 18.2 Å². The highest BCUT2D eigenvalue weighted by atomic mass is 16.6. The van der Waals surface area contributed by atoms with E-state index in [0.717, 1.165) is 25.7 Å². The van der Waals surface area contributed by atoms with E-state index in [0.29, 0.717) is 19.4 Å². The highest BCUT2D eigenvalue weighted by molar-refractivity contribution is 5.97. The number of carbonyl (C=O) groups is 3. The molecule has 0 N–H and O–H groups in total. The van der Waals surface area contributed by atoms with Crippen LogP contribution in [0.5, 0.6) is 0 Å². The van der Waals surface area contributed by atoms with Crippen molar-refractivity contribution in [2.45, 2.75) is 58.1 Å². The molecule has 2 heterocycles. The molecule has 3 rings (SSSR count). The maximum Gasteiger partial charge on any atom is 0.410 e. The van der Waals surface area contributed by atoms with E-state index in [2.05, 4.69) is 4.74 Å². The average molecular weight is 404 g/mol. The first kappa shape index (κ1) is 21.1. The quantitative estimate of drug-likeness (QED) is 0.568. The van der Waals surface area contributed by atoms with E-state index < -0.39 is 17.1 Å². The van der Waals surface area contributed by atoms with Gasteiger partial charge in [-0.1, -0.05) is 0 Å². The van der Waals surface area contributed by atoms with E-state index in [1.54, 1.807) is 15.7 Å². The van der Waals surface area contributed by atoms with Crippen LogP contribution in [0.1, 0.15) is 73.2 Å². The number of piperidine rings is 1. The summed E-state index contributed by atoms with van der Waals surface area (Å²) >= 11 is 0. The molecule has 1 aliphatic heterocycles. The zero-order valence-corrected chi connectivity index (χ0v) is 17.4. The molecule has 8 heteroatoms. The lowest BCUT2D eigenvalue weighted by atomic mass is 9.60. The molecule has 158 valence electrons. The van der Waals surface area contributed by atoms with Crippen LogP contribution in [0.3, 0.4) is 0 Å². The van der Waals surface area contributed by atoms with Crippen LogP contribution in [-0.4, -0.2) is 53.6 Å². The Labute approximate surface area is 169 Å². The maximum atomic E-state index is 12.7. The molecular weight excluding hydrogens is 376 g/mol. The van der Waals surface area contributed by atoms with Crippen molar-refractivity contribution in [1.29, 1.82) is 0 Å². The zero-order chi connectivity index (χ0) is 21.4. The largest absolute Gasteiger partial charge is 0.465 e. The Morgan fingerprint density at radius 2 is 1.83 bits per heavy atom. The van der Waals surface area contributed by atoms with Crippen LogP contribution >= 0.6 is 0 Å². The number of methoxy groups -OCH3 is 1. The molecule has 2 aliphatic rings. The standard InChI is InChI=1S/C21H28N2O6/c1-20(2,3)29-19(27)22-9-6-21(7-10-22)11-14(12-21)23-8-5-15(18(26)28-4)16(13-24)17(23)25/h5,8,13-14H,6-7,9-12H2,1-4H3. The average Bonchev–Trinajstić information content (AvgIpc) is 2.64. The van der Waals surface area contributed by atoms with Gasteiger partial charge >= 0.3 is 12.1 Å². The van der Waals surface area contributed by atoms with E-state index in [-0.39, 0.29) is 28.7 Å². The van der Waals surface area contributed by atoms with Gasteiger partial charge in [-0.25, -0.2) is 9.59 Å². The molecule has 0 aromatic carbocycles. The van der Waals surface area contributed by atoms with Crippen LogP contribution < -0.4 is 5.56 Å². The molecule has 1 saturated heterocycles. The second kappa shape index (κ2) is 7.65. The van der Waals surface area contributed by atoms with Gasteiger partial charge in [0, 0.05) is 25.3 Å². The number of aromatic nitrogens is 1. The molecule has 29 heavy (non-hydrogen) atoms. The fourth-order valence-corrected chi connectivity index (χ4v) is 4.29. The normalized spacial score (nSPS) is 18.8. The number of likely N-dealkylation sites (tertiary alicyclic amines) is 1. The molecule has 1 spiro atoms. The fourth-order valence-electron chi connectivity index (χ4n) is 4.29. The molecule has 1 saturated carbocycles. The van der Waals surface area contributed by atoms with Crippen LogP contribution in [0.15, 0.2) is 17.1 Å². The summed E-state index contributed by atoms with van der Waals surface area (Å²) < 4.78 is 11.6. The first-order chi connectivity index (χ1) is 13.6. The third-order valence-corrected chi connectivity index (χ3v) is 5.89. The number of amides is 1. The number of aldehydes is 1. The van der Waals surface area contributed by atoms with Gasteiger partial charge in [-0.3, -0.25) is 9.59 Å². The van der Waals surface area contributed by atoms with Crippen molar-refractivity contribution in [3.05, 3.63) is 33.7 Å². The number of esters is 1. The van der Waals surface area contributed by atoms with Crippen LogP contribution in [-0.2, 0) is 9.47 Å². The second-order valence-electron chi connectivity index (χ2n) is 8.99. The maximum absolute atomic E-state index is 12.7. The van der Waals surface area contributed by atoms with Gasteiger partial charge in [-0.15, -0.1) is 0 Å². The van der Waals surface area contributed by atoms with Gasteiger partial charge in [0.1, 0.15) is 5.60 Å². The third-order valence-electron chi connectivity index (χ3n) is 5.89. The van der Waals surface area contributed by atoms with Crippen molar-refractivity contribution in [3.63, 3.8) is 0 Å². The first-order valence-corrected chi connectivity index (χ1v) is 9.86. The highest BCUT2D eigenvalue weighted by Crippen LogP contribution is 2.54. The third kappa shape index (κ3) is 4.21. The number of hydrogen-bond donors (Lipinski definition) is 0. The molecule has 0 bridgehead atoms. The first-order valence-electron chi connectivity index (χ1n) is 9.86. The van der Waals surface area contributed by atoms with E-state index in [9.17, 15) is 19.2 Å². The SMILES string of the molecule is COC(=O)c1ccn(C2CC3(CCN(C(=O)OC(C)(C)C)CC3)C2)c(=O)c1C=O. The van der Waals surface area contributed by atoms with Crippen molar-refractivity contribution in [1.82, 2.24) is 9.47 Å². The number of carbonyl (C=O) groups excluding carboxylic acids is 3. The summed E-state index contributed by atoms with van der Waals surface area (Å²) in [5.41, 5.74) is -1.05. The van der Waals surface area contributed by atoms with Crippen molar-refractivity contribution in [2.24, 2.45) is 5.41 Å². The summed E-state index contributed by atoms with van der Waals surface area (Å²) in [6.45, 7) is 6.83. The van der Waals surface area contributed by atoms with Crippen LogP contribution in [0.2, 0.25) is 0 Å². The van der Waals surface area contributed by atoms with Gasteiger partial charge in [0.2, 0.25) is 0 Å². The lowest BCUT2D eigenvalue weighted by molar-refractivity contribution is -0.0241. The monoisotopic (exact) mass is 404 g/mol. The smallest absolute Gasteiger partial charge is 0.410 e. The van der Waals surface area contributed by atoms with Crippen molar-refractivity contribution >= 4 is 18.3 Å². The Hall–Kier alpha value is -2.64. The minimum absolute atomic E-state index is 0.0107. The topological polar surface area (TPSA) is 94.9 Å². The molecule has 0 radical (unpaired) electrons.